The van der Waals surface area contributed by atoms with E-state index in [9.17, 15) is 9.90 Å². The number of hydrogen-bond donors (Lipinski definition) is 2. The Morgan fingerprint density at radius 1 is 1.52 bits per heavy atom. The van der Waals surface area contributed by atoms with E-state index in [1.807, 2.05) is 20.9 Å². The minimum Gasteiger partial charge on any atom is -0.503 e. The normalized spacial score (nSPS) is 18.0. The van der Waals surface area contributed by atoms with Gasteiger partial charge in [0, 0.05) is 18.3 Å². The molecule has 0 bridgehead atoms. The molecule has 1 atom stereocenters. The number of aromatic hydroxyl groups is 1. The molecule has 2 N–H and O–H groups in total. The van der Waals surface area contributed by atoms with Crippen molar-refractivity contribution in [3.63, 3.8) is 0 Å². The third kappa shape index (κ3) is 3.35. The van der Waals surface area contributed by atoms with Crippen LogP contribution >= 0.6 is 28.1 Å². The Bertz CT molecular complexity index is 703. The zero-order valence-corrected chi connectivity index (χ0v) is 15.8. The fraction of sp³-hybridized carbons (Fsp3) is 0.375. The molecule has 1 aromatic carbocycles. The Morgan fingerprint density at radius 2 is 2.17 bits per heavy atom. The molecule has 0 saturated heterocycles. The van der Waals surface area contributed by atoms with Crippen LogP contribution in [0.1, 0.15) is 32.4 Å². The largest absolute Gasteiger partial charge is 0.503 e. The van der Waals surface area contributed by atoms with Crippen LogP contribution in [0, 0.1) is 0 Å². The Morgan fingerprint density at radius 3 is 2.74 bits per heavy atom. The van der Waals surface area contributed by atoms with E-state index in [2.05, 4.69) is 21.2 Å². The first-order valence-electron chi connectivity index (χ1n) is 7.19. The molecule has 1 aliphatic heterocycles. The van der Waals surface area contributed by atoms with Crippen LogP contribution in [-0.4, -0.2) is 34.6 Å². The van der Waals surface area contributed by atoms with Crippen molar-refractivity contribution in [3.05, 3.63) is 33.4 Å². The van der Waals surface area contributed by atoms with Crippen molar-refractivity contribution < 1.29 is 14.6 Å². The number of ketones is 1. The number of ether oxygens (including phenoxy) is 1. The van der Waals surface area contributed by atoms with Crippen LogP contribution in [0.3, 0.4) is 0 Å². The summed E-state index contributed by atoms with van der Waals surface area (Å²) in [6.45, 7) is 5.68. The van der Waals surface area contributed by atoms with E-state index in [1.54, 1.807) is 17.0 Å². The number of Topliss-reactive ketones (excluding diaryl/α,β-unsaturated/α-hetero) is 1. The van der Waals surface area contributed by atoms with E-state index in [1.165, 1.54) is 6.92 Å². The second-order valence-corrected chi connectivity index (χ2v) is 6.52. The minimum absolute atomic E-state index is 0.0310. The van der Waals surface area contributed by atoms with Crippen LogP contribution in [0.5, 0.6) is 11.5 Å². The number of allylic oxidation sites excluding steroid dienone is 1. The van der Waals surface area contributed by atoms with E-state index in [-0.39, 0.29) is 17.6 Å². The van der Waals surface area contributed by atoms with Gasteiger partial charge < -0.3 is 20.1 Å². The van der Waals surface area contributed by atoms with Crippen molar-refractivity contribution in [1.29, 1.82) is 0 Å². The van der Waals surface area contributed by atoms with Crippen molar-refractivity contribution in [2.45, 2.75) is 26.8 Å². The molecule has 1 aliphatic rings. The summed E-state index contributed by atoms with van der Waals surface area (Å²) < 4.78 is 5.97. The van der Waals surface area contributed by atoms with Gasteiger partial charge in [-0.25, -0.2) is 0 Å². The third-order valence-electron chi connectivity index (χ3n) is 3.82. The minimum atomic E-state index is -0.382. The topological polar surface area (TPSA) is 61.8 Å². The van der Waals surface area contributed by atoms with Crippen molar-refractivity contribution in [2.75, 3.05) is 13.7 Å². The molecular formula is C16H19BrN2O3S. The fourth-order valence-electron chi connectivity index (χ4n) is 2.57. The molecule has 0 radical (unpaired) electrons. The summed E-state index contributed by atoms with van der Waals surface area (Å²) in [5.74, 6) is 0.372. The van der Waals surface area contributed by atoms with E-state index in [0.29, 0.717) is 27.5 Å². The molecule has 1 aromatic rings. The zero-order chi connectivity index (χ0) is 17.3. The smallest absolute Gasteiger partial charge is 0.173 e. The number of thiocarbonyl (C=S) groups is 1. The highest BCUT2D eigenvalue weighted by atomic mass is 79.9. The van der Waals surface area contributed by atoms with Crippen LogP contribution in [0.2, 0.25) is 0 Å². The van der Waals surface area contributed by atoms with Crippen LogP contribution in [0.4, 0.5) is 0 Å². The average Bonchev–Trinajstić information content (AvgIpc) is 2.48. The highest BCUT2D eigenvalue weighted by Crippen LogP contribution is 2.40. The van der Waals surface area contributed by atoms with Gasteiger partial charge in [0.15, 0.2) is 22.4 Å². The Balaban J connectivity index is 2.60. The predicted molar refractivity (Wildman–Crippen MR) is 96.6 cm³/mol. The molecule has 0 amide bonds. The number of nitrogens with one attached hydrogen (secondary N) is 1. The van der Waals surface area contributed by atoms with Gasteiger partial charge in [-0.15, -0.1) is 0 Å². The number of rotatable bonds is 4. The van der Waals surface area contributed by atoms with Gasteiger partial charge in [-0.2, -0.15) is 0 Å². The maximum Gasteiger partial charge on any atom is 0.173 e. The zero-order valence-electron chi connectivity index (χ0n) is 13.4. The predicted octanol–water partition coefficient (Wildman–Crippen LogP) is 3.28. The molecule has 0 fully saturated rings. The van der Waals surface area contributed by atoms with E-state index in [4.69, 9.17) is 17.0 Å². The van der Waals surface area contributed by atoms with Gasteiger partial charge in [-0.05, 0) is 66.6 Å². The molecule has 7 heteroatoms. The molecule has 0 saturated carbocycles. The molecule has 1 heterocycles. The van der Waals surface area contributed by atoms with Crippen molar-refractivity contribution in [1.82, 2.24) is 10.2 Å². The molecule has 0 aliphatic carbocycles. The van der Waals surface area contributed by atoms with Gasteiger partial charge in [-0.1, -0.05) is 0 Å². The Labute approximate surface area is 149 Å². The first-order chi connectivity index (χ1) is 10.8. The summed E-state index contributed by atoms with van der Waals surface area (Å²) in [7, 11) is 1.82. The molecule has 124 valence electrons. The number of carbonyl (C=O) groups is 1. The van der Waals surface area contributed by atoms with Gasteiger partial charge in [0.05, 0.1) is 17.1 Å². The van der Waals surface area contributed by atoms with Crippen LogP contribution < -0.4 is 10.1 Å². The molecular weight excluding hydrogens is 380 g/mol. The number of phenolic OH excluding ortho intramolecular Hbond substituents is 1. The van der Waals surface area contributed by atoms with Gasteiger partial charge in [0.25, 0.3) is 0 Å². The second kappa shape index (κ2) is 6.88. The summed E-state index contributed by atoms with van der Waals surface area (Å²) in [5.41, 5.74) is 2.24. The number of phenols is 1. The van der Waals surface area contributed by atoms with Crippen LogP contribution in [0.25, 0.3) is 0 Å². The quantitative estimate of drug-likeness (QED) is 0.758. The first kappa shape index (κ1) is 17.7. The lowest BCUT2D eigenvalue weighted by molar-refractivity contribution is -0.114. The molecule has 0 aromatic heterocycles. The summed E-state index contributed by atoms with van der Waals surface area (Å²) >= 11 is 8.67. The highest BCUT2D eigenvalue weighted by Gasteiger charge is 2.31. The van der Waals surface area contributed by atoms with E-state index >= 15 is 0 Å². The maximum absolute atomic E-state index is 12.1. The number of hydrogen-bond acceptors (Lipinski definition) is 4. The average molecular weight is 399 g/mol. The Kier molecular flexibility index (Phi) is 5.31. The third-order valence-corrected chi connectivity index (χ3v) is 4.81. The second-order valence-electron chi connectivity index (χ2n) is 5.28. The van der Waals surface area contributed by atoms with Crippen LogP contribution in [-0.2, 0) is 4.79 Å². The molecule has 1 unspecified atom stereocenters. The highest BCUT2D eigenvalue weighted by molar-refractivity contribution is 9.10. The standard InChI is InChI=1S/C16H19BrN2O3S/c1-5-22-12-7-10(6-11(17)15(12)21)14-13(9(3)20)8(2)19(4)16(23)18-14/h6-7,14,21H,5H2,1-4H3,(H,18,23). The van der Waals surface area contributed by atoms with E-state index < -0.39 is 0 Å². The van der Waals surface area contributed by atoms with Gasteiger partial charge in [0.1, 0.15) is 0 Å². The van der Waals surface area contributed by atoms with Crippen LogP contribution in [0.15, 0.2) is 27.9 Å². The van der Waals surface area contributed by atoms with Gasteiger partial charge in [-0.3, -0.25) is 4.79 Å². The molecule has 5 nitrogen and oxygen atoms in total. The summed E-state index contributed by atoms with van der Waals surface area (Å²) in [5, 5.41) is 13.8. The summed E-state index contributed by atoms with van der Waals surface area (Å²) in [4.78, 5) is 13.9. The number of carbonyl (C=O) groups excluding carboxylic acids is 1. The Hall–Kier alpha value is -1.60. The monoisotopic (exact) mass is 398 g/mol. The lowest BCUT2D eigenvalue weighted by Gasteiger charge is -2.35. The van der Waals surface area contributed by atoms with E-state index in [0.717, 1.165) is 11.3 Å². The number of halogens is 1. The van der Waals surface area contributed by atoms with Crippen molar-refractivity contribution in [2.24, 2.45) is 0 Å². The molecule has 2 rings (SSSR count). The number of nitrogens with zero attached hydrogens (tertiary/aromatic N) is 1. The fourth-order valence-corrected chi connectivity index (χ4v) is 3.28. The lowest BCUT2D eigenvalue weighted by Crippen LogP contribution is -2.45. The summed E-state index contributed by atoms with van der Waals surface area (Å²) in [6.07, 6.45) is 0. The van der Waals surface area contributed by atoms with Crippen molar-refractivity contribution >= 4 is 39.0 Å². The van der Waals surface area contributed by atoms with Crippen molar-refractivity contribution in [3.8, 4) is 11.5 Å². The lowest BCUT2D eigenvalue weighted by atomic mass is 9.92. The maximum atomic E-state index is 12.1. The summed E-state index contributed by atoms with van der Waals surface area (Å²) in [6, 6.07) is 3.11. The molecule has 23 heavy (non-hydrogen) atoms. The van der Waals surface area contributed by atoms with Gasteiger partial charge >= 0.3 is 0 Å². The molecule has 0 spiro atoms. The number of benzene rings is 1. The van der Waals surface area contributed by atoms with Gasteiger partial charge in [0.2, 0.25) is 0 Å². The first-order valence-corrected chi connectivity index (χ1v) is 8.39. The SMILES string of the molecule is CCOc1cc(C2NC(=S)N(C)C(C)=C2C(C)=O)cc(Br)c1O.